The Labute approximate surface area is 153 Å². The molecule has 24 heavy (non-hydrogen) atoms. The van der Waals surface area contributed by atoms with E-state index in [1.807, 2.05) is 34.5 Å². The van der Waals surface area contributed by atoms with Crippen LogP contribution in [-0.2, 0) is 6.42 Å². The smallest absolute Gasteiger partial charge is 0.264 e. The van der Waals surface area contributed by atoms with Gasteiger partial charge in [-0.25, -0.2) is 0 Å². The van der Waals surface area contributed by atoms with E-state index in [-0.39, 0.29) is 24.4 Å². The number of aryl methyl sites for hydroxylation is 1. The van der Waals surface area contributed by atoms with Gasteiger partial charge in [-0.3, -0.25) is 4.79 Å². The summed E-state index contributed by atoms with van der Waals surface area (Å²) < 4.78 is 5.50. The van der Waals surface area contributed by atoms with Crippen LogP contribution in [0.4, 0.5) is 0 Å². The van der Waals surface area contributed by atoms with Crippen LogP contribution in [0.1, 0.15) is 33.8 Å². The number of hydrogen-bond donors (Lipinski definition) is 1. The zero-order valence-corrected chi connectivity index (χ0v) is 15.6. The van der Waals surface area contributed by atoms with Crippen molar-refractivity contribution in [1.82, 2.24) is 10.2 Å². The number of benzene rings is 1. The van der Waals surface area contributed by atoms with Gasteiger partial charge in [0, 0.05) is 25.2 Å². The van der Waals surface area contributed by atoms with Crippen LogP contribution in [-0.4, -0.2) is 37.6 Å². The Balaban J connectivity index is 0.00000208. The number of para-hydroxylation sites is 1. The van der Waals surface area contributed by atoms with Crippen LogP contribution in [0.5, 0.6) is 5.75 Å². The van der Waals surface area contributed by atoms with E-state index >= 15 is 0 Å². The molecule has 1 aliphatic heterocycles. The van der Waals surface area contributed by atoms with Crippen molar-refractivity contribution in [3.8, 4) is 5.75 Å². The molecule has 1 unspecified atom stereocenters. The number of nitrogens with zero attached hydrogens (tertiary/aromatic N) is 1. The third-order valence-corrected chi connectivity index (χ3v) is 5.27. The van der Waals surface area contributed by atoms with Crippen LogP contribution in [0, 0.1) is 0 Å². The number of hydrogen-bond acceptors (Lipinski definition) is 4. The second-order valence-corrected chi connectivity index (χ2v) is 6.51. The van der Waals surface area contributed by atoms with E-state index in [9.17, 15) is 4.79 Å². The lowest BCUT2D eigenvalue weighted by molar-refractivity contribution is 0.0635. The number of halogens is 1. The lowest BCUT2D eigenvalue weighted by atomic mass is 10.0. The molecule has 1 aromatic carbocycles. The van der Waals surface area contributed by atoms with E-state index in [1.54, 1.807) is 18.4 Å². The minimum Gasteiger partial charge on any atom is -0.496 e. The summed E-state index contributed by atoms with van der Waals surface area (Å²) >= 11 is 1.54. The number of ether oxygens (including phenoxy) is 1. The van der Waals surface area contributed by atoms with Gasteiger partial charge in [0.2, 0.25) is 0 Å². The van der Waals surface area contributed by atoms with E-state index < -0.39 is 0 Å². The molecule has 1 amide bonds. The Hall–Kier alpha value is -1.56. The molecule has 0 aliphatic carbocycles. The van der Waals surface area contributed by atoms with Crippen LogP contribution in [0.2, 0.25) is 0 Å². The van der Waals surface area contributed by atoms with Gasteiger partial charge in [-0.2, -0.15) is 0 Å². The van der Waals surface area contributed by atoms with Gasteiger partial charge in [0.15, 0.2) is 0 Å². The normalized spacial score (nSPS) is 17.2. The second-order valence-electron chi connectivity index (χ2n) is 5.59. The van der Waals surface area contributed by atoms with Gasteiger partial charge in [-0.1, -0.05) is 25.1 Å². The summed E-state index contributed by atoms with van der Waals surface area (Å²) in [5.41, 5.74) is 2.20. The SMILES string of the molecule is CCc1ccsc1C(=O)N1CCNCC1c1ccccc1OC.Cl. The molecule has 6 heteroatoms. The van der Waals surface area contributed by atoms with Gasteiger partial charge in [0.1, 0.15) is 5.75 Å². The van der Waals surface area contributed by atoms with Crippen LogP contribution < -0.4 is 10.1 Å². The maximum absolute atomic E-state index is 13.1. The van der Waals surface area contributed by atoms with Crippen molar-refractivity contribution < 1.29 is 9.53 Å². The number of methoxy groups -OCH3 is 1. The first-order valence-electron chi connectivity index (χ1n) is 7.97. The fraction of sp³-hybridized carbons (Fsp3) is 0.389. The Bertz CT molecular complexity index is 689. The van der Waals surface area contributed by atoms with Crippen molar-refractivity contribution in [1.29, 1.82) is 0 Å². The average molecular weight is 367 g/mol. The summed E-state index contributed by atoms with van der Waals surface area (Å²) in [7, 11) is 1.68. The van der Waals surface area contributed by atoms with Gasteiger partial charge in [-0.15, -0.1) is 23.7 Å². The first-order valence-corrected chi connectivity index (χ1v) is 8.85. The maximum Gasteiger partial charge on any atom is 0.264 e. The van der Waals surface area contributed by atoms with Gasteiger partial charge < -0.3 is 15.0 Å². The predicted molar refractivity (Wildman–Crippen MR) is 101 cm³/mol. The van der Waals surface area contributed by atoms with E-state index in [0.29, 0.717) is 6.54 Å². The van der Waals surface area contributed by atoms with Crippen LogP contribution in [0.25, 0.3) is 0 Å². The van der Waals surface area contributed by atoms with E-state index in [1.165, 1.54) is 0 Å². The number of thiophene rings is 1. The molecule has 1 aliphatic rings. The first kappa shape index (κ1) is 18.8. The molecule has 0 spiro atoms. The van der Waals surface area contributed by atoms with Gasteiger partial charge >= 0.3 is 0 Å². The minimum atomic E-state index is -0.000735. The molecule has 0 radical (unpaired) electrons. The van der Waals surface area contributed by atoms with E-state index in [2.05, 4.69) is 18.3 Å². The maximum atomic E-state index is 13.1. The number of nitrogens with one attached hydrogen (secondary N) is 1. The van der Waals surface area contributed by atoms with E-state index in [4.69, 9.17) is 4.74 Å². The molecule has 0 bridgehead atoms. The number of amides is 1. The molecule has 1 atom stereocenters. The zero-order valence-electron chi connectivity index (χ0n) is 14.0. The molecule has 1 saturated heterocycles. The lowest BCUT2D eigenvalue weighted by Gasteiger charge is -2.37. The number of carbonyl (C=O) groups is 1. The number of piperazine rings is 1. The summed E-state index contributed by atoms with van der Waals surface area (Å²) in [6.45, 7) is 4.38. The molecule has 2 aromatic rings. The quantitative estimate of drug-likeness (QED) is 0.900. The van der Waals surface area contributed by atoms with E-state index in [0.717, 1.165) is 41.3 Å². The Morgan fingerprint density at radius 1 is 1.38 bits per heavy atom. The summed E-state index contributed by atoms with van der Waals surface area (Å²) in [6.07, 6.45) is 0.885. The molecule has 1 aromatic heterocycles. The predicted octanol–water partition coefficient (Wildman–Crippen LogP) is 3.53. The van der Waals surface area contributed by atoms with Crippen molar-refractivity contribution >= 4 is 29.7 Å². The monoisotopic (exact) mass is 366 g/mol. The molecule has 2 heterocycles. The van der Waals surface area contributed by atoms with Gasteiger partial charge in [-0.05, 0) is 29.5 Å². The summed E-state index contributed by atoms with van der Waals surface area (Å²) in [5, 5.41) is 5.40. The fourth-order valence-corrected chi connectivity index (χ4v) is 4.05. The van der Waals surface area contributed by atoms with Crippen LogP contribution >= 0.6 is 23.7 Å². The Morgan fingerprint density at radius 2 is 2.17 bits per heavy atom. The average Bonchev–Trinajstić information content (AvgIpc) is 3.09. The van der Waals surface area contributed by atoms with Crippen molar-refractivity contribution in [2.45, 2.75) is 19.4 Å². The molecular formula is C18H23ClN2O2S. The molecule has 1 fully saturated rings. The van der Waals surface area contributed by atoms with Crippen molar-refractivity contribution in [2.24, 2.45) is 0 Å². The fourth-order valence-electron chi connectivity index (χ4n) is 3.10. The molecule has 1 N–H and O–H groups in total. The van der Waals surface area contributed by atoms with Crippen molar-refractivity contribution in [3.63, 3.8) is 0 Å². The summed E-state index contributed by atoms with van der Waals surface area (Å²) in [4.78, 5) is 15.9. The van der Waals surface area contributed by atoms with Gasteiger partial charge in [0.25, 0.3) is 5.91 Å². The number of carbonyl (C=O) groups excluding carboxylic acids is 1. The van der Waals surface area contributed by atoms with Crippen LogP contribution in [0.3, 0.4) is 0 Å². The first-order chi connectivity index (χ1) is 11.3. The minimum absolute atomic E-state index is 0. The molecular weight excluding hydrogens is 344 g/mol. The largest absolute Gasteiger partial charge is 0.496 e. The topological polar surface area (TPSA) is 41.6 Å². The zero-order chi connectivity index (χ0) is 16.2. The summed E-state index contributed by atoms with van der Waals surface area (Å²) in [6, 6.07) is 10.0. The highest BCUT2D eigenvalue weighted by molar-refractivity contribution is 7.12. The Kier molecular flexibility index (Phi) is 6.66. The number of rotatable bonds is 4. The van der Waals surface area contributed by atoms with Crippen molar-refractivity contribution in [3.05, 3.63) is 51.7 Å². The third-order valence-electron chi connectivity index (χ3n) is 4.32. The van der Waals surface area contributed by atoms with Crippen LogP contribution in [0.15, 0.2) is 35.7 Å². The van der Waals surface area contributed by atoms with Gasteiger partial charge in [0.05, 0.1) is 18.0 Å². The highest BCUT2D eigenvalue weighted by Crippen LogP contribution is 2.32. The molecule has 130 valence electrons. The third kappa shape index (κ3) is 3.58. The Morgan fingerprint density at radius 3 is 2.92 bits per heavy atom. The molecule has 3 rings (SSSR count). The highest BCUT2D eigenvalue weighted by Gasteiger charge is 2.31. The standard InChI is InChI=1S/C18H22N2O2S.ClH/c1-3-13-8-11-23-17(13)18(21)20-10-9-19-12-15(20)14-6-4-5-7-16(14)22-2;/h4-8,11,15,19H,3,9-10,12H2,1-2H3;1H. The highest BCUT2D eigenvalue weighted by atomic mass is 35.5. The van der Waals surface area contributed by atoms with Crippen molar-refractivity contribution in [2.75, 3.05) is 26.7 Å². The lowest BCUT2D eigenvalue weighted by Crippen LogP contribution is -2.48. The molecule has 4 nitrogen and oxygen atoms in total. The second kappa shape index (κ2) is 8.51. The molecule has 0 saturated carbocycles. The summed E-state index contributed by atoms with van der Waals surface area (Å²) in [5.74, 6) is 0.968.